The minimum atomic E-state index is -0.0217. The van der Waals surface area contributed by atoms with Crippen LogP contribution in [0, 0.1) is 0 Å². The Kier molecular flexibility index (Phi) is 6.84. The number of piperidine rings is 1. The third-order valence-corrected chi connectivity index (χ3v) is 5.26. The molecule has 0 aromatic heterocycles. The first-order valence-corrected chi connectivity index (χ1v) is 9.52. The molecule has 2 fully saturated rings. The Morgan fingerprint density at radius 2 is 2.00 bits per heavy atom. The Morgan fingerprint density at radius 3 is 2.72 bits per heavy atom. The van der Waals surface area contributed by atoms with Crippen LogP contribution in [0.3, 0.4) is 0 Å². The molecule has 0 bridgehead atoms. The lowest BCUT2D eigenvalue weighted by molar-refractivity contribution is -0.127. The molecule has 5 heteroatoms. The van der Waals surface area contributed by atoms with Gasteiger partial charge in [0.2, 0.25) is 5.91 Å². The second-order valence-electron chi connectivity index (χ2n) is 6.99. The van der Waals surface area contributed by atoms with Gasteiger partial charge in [0.1, 0.15) is 6.10 Å². The predicted octanol–water partition coefficient (Wildman–Crippen LogP) is 2.18. The van der Waals surface area contributed by atoms with Crippen LogP contribution in [0.4, 0.5) is 0 Å². The van der Waals surface area contributed by atoms with Gasteiger partial charge in [0.15, 0.2) is 0 Å². The highest BCUT2D eigenvalue weighted by molar-refractivity contribution is 5.78. The Balaban J connectivity index is 1.43. The molecule has 2 aliphatic heterocycles. The van der Waals surface area contributed by atoms with Crippen molar-refractivity contribution < 1.29 is 14.3 Å². The van der Waals surface area contributed by atoms with Crippen molar-refractivity contribution in [3.05, 3.63) is 35.9 Å². The van der Waals surface area contributed by atoms with E-state index in [9.17, 15) is 4.79 Å². The van der Waals surface area contributed by atoms with Crippen molar-refractivity contribution >= 4 is 5.91 Å². The number of likely N-dealkylation sites (tertiary alicyclic amines) is 1. The topological polar surface area (TPSA) is 50.8 Å². The molecule has 2 saturated heterocycles. The number of rotatable bonds is 6. The van der Waals surface area contributed by atoms with Gasteiger partial charge in [-0.05, 0) is 50.8 Å². The molecule has 1 N–H and O–H groups in total. The molecule has 1 aromatic rings. The highest BCUT2D eigenvalue weighted by Crippen LogP contribution is 2.27. The SMILES string of the molecule is CCO[C@@H]1COCC[C@H]1NC(=O)CN1CCC(c2ccccc2)CC1. The smallest absolute Gasteiger partial charge is 0.234 e. The molecule has 0 spiro atoms. The molecular weight excluding hydrogens is 316 g/mol. The van der Waals surface area contributed by atoms with Gasteiger partial charge in [-0.1, -0.05) is 30.3 Å². The molecule has 2 atom stereocenters. The average molecular weight is 346 g/mol. The number of nitrogens with one attached hydrogen (secondary N) is 1. The monoisotopic (exact) mass is 346 g/mol. The van der Waals surface area contributed by atoms with Crippen LogP contribution >= 0.6 is 0 Å². The van der Waals surface area contributed by atoms with Crippen LogP contribution in [0.2, 0.25) is 0 Å². The molecule has 1 amide bonds. The Labute approximate surface area is 150 Å². The van der Waals surface area contributed by atoms with Crippen molar-refractivity contribution in [1.82, 2.24) is 10.2 Å². The molecule has 2 heterocycles. The van der Waals surface area contributed by atoms with Gasteiger partial charge in [-0.25, -0.2) is 0 Å². The summed E-state index contributed by atoms with van der Waals surface area (Å²) in [5.74, 6) is 0.730. The number of benzene rings is 1. The van der Waals surface area contributed by atoms with Gasteiger partial charge in [-0.15, -0.1) is 0 Å². The molecule has 0 aliphatic carbocycles. The van der Waals surface area contributed by atoms with E-state index in [0.29, 0.717) is 32.3 Å². The largest absolute Gasteiger partial charge is 0.379 e. The van der Waals surface area contributed by atoms with Crippen molar-refractivity contribution in [2.75, 3.05) is 39.5 Å². The van der Waals surface area contributed by atoms with Crippen molar-refractivity contribution in [2.45, 2.75) is 44.2 Å². The third-order valence-electron chi connectivity index (χ3n) is 5.26. The second kappa shape index (κ2) is 9.32. The maximum absolute atomic E-state index is 12.4. The van der Waals surface area contributed by atoms with Crippen LogP contribution in [-0.4, -0.2) is 62.4 Å². The highest BCUT2D eigenvalue weighted by Gasteiger charge is 2.28. The molecular formula is C20H30N2O3. The van der Waals surface area contributed by atoms with Gasteiger partial charge in [0.25, 0.3) is 0 Å². The maximum Gasteiger partial charge on any atom is 0.234 e. The first-order valence-electron chi connectivity index (χ1n) is 9.52. The molecule has 25 heavy (non-hydrogen) atoms. The zero-order valence-corrected chi connectivity index (χ0v) is 15.2. The van der Waals surface area contributed by atoms with Gasteiger partial charge >= 0.3 is 0 Å². The van der Waals surface area contributed by atoms with Gasteiger partial charge in [0, 0.05) is 13.2 Å². The van der Waals surface area contributed by atoms with Gasteiger partial charge in [0.05, 0.1) is 19.2 Å². The van der Waals surface area contributed by atoms with Gasteiger partial charge in [-0.3, -0.25) is 9.69 Å². The van der Waals surface area contributed by atoms with Crippen molar-refractivity contribution in [2.24, 2.45) is 0 Å². The Hall–Kier alpha value is -1.43. The van der Waals surface area contributed by atoms with Crippen molar-refractivity contribution in [1.29, 1.82) is 0 Å². The number of amides is 1. The summed E-state index contributed by atoms with van der Waals surface area (Å²) in [5, 5.41) is 3.16. The quantitative estimate of drug-likeness (QED) is 0.858. The highest BCUT2D eigenvalue weighted by atomic mass is 16.5. The van der Waals surface area contributed by atoms with E-state index in [1.165, 1.54) is 5.56 Å². The summed E-state index contributed by atoms with van der Waals surface area (Å²) in [5.41, 5.74) is 1.42. The molecule has 0 radical (unpaired) electrons. The fraction of sp³-hybridized carbons (Fsp3) is 0.650. The summed E-state index contributed by atoms with van der Waals surface area (Å²) in [7, 11) is 0. The zero-order valence-electron chi connectivity index (χ0n) is 15.2. The van der Waals surface area contributed by atoms with Gasteiger partial charge in [-0.2, -0.15) is 0 Å². The van der Waals surface area contributed by atoms with Crippen LogP contribution in [0.5, 0.6) is 0 Å². The molecule has 2 aliphatic rings. The summed E-state index contributed by atoms with van der Waals surface area (Å²) in [6, 6.07) is 10.8. The van der Waals surface area contributed by atoms with E-state index < -0.39 is 0 Å². The van der Waals surface area contributed by atoms with Gasteiger partial charge < -0.3 is 14.8 Å². The van der Waals surface area contributed by atoms with Crippen molar-refractivity contribution in [3.63, 3.8) is 0 Å². The first-order chi connectivity index (χ1) is 12.3. The molecule has 1 aromatic carbocycles. The lowest BCUT2D eigenvalue weighted by atomic mass is 9.89. The number of hydrogen-bond donors (Lipinski definition) is 1. The van der Waals surface area contributed by atoms with Crippen LogP contribution in [0.15, 0.2) is 30.3 Å². The first kappa shape index (κ1) is 18.4. The second-order valence-corrected chi connectivity index (χ2v) is 6.99. The van der Waals surface area contributed by atoms with Crippen LogP contribution < -0.4 is 5.32 Å². The molecule has 138 valence electrons. The minimum Gasteiger partial charge on any atom is -0.379 e. The lowest BCUT2D eigenvalue weighted by Crippen LogP contribution is -2.52. The van der Waals surface area contributed by atoms with E-state index >= 15 is 0 Å². The summed E-state index contributed by atoms with van der Waals surface area (Å²) >= 11 is 0. The summed E-state index contributed by atoms with van der Waals surface area (Å²) < 4.78 is 11.2. The van der Waals surface area contributed by atoms with E-state index in [4.69, 9.17) is 9.47 Å². The molecule has 3 rings (SSSR count). The summed E-state index contributed by atoms with van der Waals surface area (Å²) in [6.45, 7) is 6.33. The fourth-order valence-corrected chi connectivity index (χ4v) is 3.86. The predicted molar refractivity (Wildman–Crippen MR) is 97.6 cm³/mol. The number of carbonyl (C=O) groups is 1. The molecule has 0 saturated carbocycles. The maximum atomic E-state index is 12.4. The van der Waals surface area contributed by atoms with E-state index in [1.54, 1.807) is 0 Å². The number of ether oxygens (including phenoxy) is 2. The Morgan fingerprint density at radius 1 is 1.24 bits per heavy atom. The zero-order chi connectivity index (χ0) is 17.5. The fourth-order valence-electron chi connectivity index (χ4n) is 3.86. The van der Waals surface area contributed by atoms with E-state index in [2.05, 4.69) is 40.5 Å². The minimum absolute atomic E-state index is 0.0217. The van der Waals surface area contributed by atoms with Crippen LogP contribution in [0.25, 0.3) is 0 Å². The number of carbonyl (C=O) groups excluding carboxylic acids is 1. The van der Waals surface area contributed by atoms with E-state index in [1.807, 2.05) is 6.92 Å². The normalized spacial score (nSPS) is 25.6. The van der Waals surface area contributed by atoms with E-state index in [-0.39, 0.29) is 18.1 Å². The van der Waals surface area contributed by atoms with Crippen LogP contribution in [-0.2, 0) is 14.3 Å². The van der Waals surface area contributed by atoms with E-state index in [0.717, 1.165) is 32.4 Å². The Bertz CT molecular complexity index is 527. The standard InChI is InChI=1S/C20H30N2O3/c1-2-25-19-15-24-13-10-18(19)21-20(23)14-22-11-8-17(9-12-22)16-6-4-3-5-7-16/h3-7,17-19H,2,8-15H2,1H3,(H,21,23)/t18-,19-/m1/s1. The lowest BCUT2D eigenvalue weighted by Gasteiger charge is -2.34. The summed E-state index contributed by atoms with van der Waals surface area (Å²) in [6.07, 6.45) is 3.05. The molecule has 0 unspecified atom stereocenters. The average Bonchev–Trinajstić information content (AvgIpc) is 2.65. The third kappa shape index (κ3) is 5.27. The summed E-state index contributed by atoms with van der Waals surface area (Å²) in [4.78, 5) is 14.7. The number of nitrogens with zero attached hydrogens (tertiary/aromatic N) is 1. The molecule has 5 nitrogen and oxygen atoms in total. The van der Waals surface area contributed by atoms with Crippen molar-refractivity contribution in [3.8, 4) is 0 Å². The number of hydrogen-bond acceptors (Lipinski definition) is 4. The van der Waals surface area contributed by atoms with Crippen LogP contribution in [0.1, 0.15) is 37.7 Å².